The Balaban J connectivity index is 1.09. The molecule has 0 spiro atoms. The molecule has 0 aliphatic heterocycles. The molecular formula is C70H30F24N4. The van der Waals surface area contributed by atoms with Gasteiger partial charge in [0.05, 0.1) is 89.1 Å². The normalized spacial score (nSPS) is 13.1. The lowest BCUT2D eigenvalue weighted by Gasteiger charge is -2.16. The van der Waals surface area contributed by atoms with Gasteiger partial charge in [0, 0.05) is 21.5 Å². The van der Waals surface area contributed by atoms with Crippen molar-refractivity contribution in [2.24, 2.45) is 0 Å². The fourth-order valence-electron chi connectivity index (χ4n) is 11.8. The summed E-state index contributed by atoms with van der Waals surface area (Å²) in [6, 6.07) is 28.5. The third-order valence-electron chi connectivity index (χ3n) is 16.3. The van der Waals surface area contributed by atoms with Gasteiger partial charge in [-0.2, -0.15) is 116 Å². The smallest absolute Gasteiger partial charge is 0.308 e. The van der Waals surface area contributed by atoms with Crippen LogP contribution in [0.5, 0.6) is 0 Å². The lowest BCUT2D eigenvalue weighted by Crippen LogP contribution is -2.11. The van der Waals surface area contributed by atoms with Gasteiger partial charge in [-0.15, -0.1) is 0 Å². The van der Waals surface area contributed by atoms with Crippen molar-refractivity contribution in [1.82, 2.24) is 9.13 Å². The molecule has 28 heteroatoms. The van der Waals surface area contributed by atoms with E-state index in [4.69, 9.17) is 0 Å². The van der Waals surface area contributed by atoms with Crippen molar-refractivity contribution in [3.63, 3.8) is 0 Å². The van der Waals surface area contributed by atoms with E-state index in [0.717, 1.165) is 48.5 Å². The minimum atomic E-state index is -5.33. The lowest BCUT2D eigenvalue weighted by atomic mass is 9.96. The monoisotopic (exact) mass is 1380 g/mol. The number of rotatable bonds is 7. The van der Waals surface area contributed by atoms with Crippen LogP contribution in [-0.2, 0) is 49.4 Å². The molecule has 0 saturated carbocycles. The molecule has 0 aliphatic rings. The Bertz CT molecular complexity index is 4630. The minimum absolute atomic E-state index is 0.0124. The standard InChI is InChI=1S/C70H30F24N4/c71-63(72,73)45-13-41(14-46(27-45)64(74,75)76)33-5-9-57-53(21-33)54-22-34(42-15-47(65(77,78)79)28-48(16-42)66(80,81)82)6-10-58(54)97(57)61-25-37(1-3-39(61)31-95)38-2-4-40(32-96)62(26-38)98-59-11-7-35(43-17-49(67(83,84)85)29-50(18-43)68(86,87)88)23-55(59)56-24-36(8-12-60(56)98)44-19-51(69(89,90)91)30-52(20-44)70(92,93)94/h1-30H. The summed E-state index contributed by atoms with van der Waals surface area (Å²) in [7, 11) is 0. The van der Waals surface area contributed by atoms with Crippen LogP contribution in [0, 0.1) is 22.7 Å². The maximum Gasteiger partial charge on any atom is 0.416 e. The Kier molecular flexibility index (Phi) is 15.7. The van der Waals surface area contributed by atoms with Gasteiger partial charge in [0.15, 0.2) is 0 Å². The van der Waals surface area contributed by atoms with Gasteiger partial charge >= 0.3 is 49.4 Å². The van der Waals surface area contributed by atoms with E-state index in [1.165, 1.54) is 69.8 Å². The van der Waals surface area contributed by atoms with Crippen LogP contribution in [0.25, 0.3) is 111 Å². The van der Waals surface area contributed by atoms with Crippen molar-refractivity contribution in [3.05, 3.63) is 238 Å². The van der Waals surface area contributed by atoms with Gasteiger partial charge in [-0.3, -0.25) is 0 Å². The number of benzene rings is 10. The molecule has 0 aliphatic carbocycles. The van der Waals surface area contributed by atoms with Crippen molar-refractivity contribution in [2.75, 3.05) is 0 Å². The first kappa shape index (κ1) is 67.1. The Hall–Kier alpha value is -10.9. The average Bonchev–Trinajstić information content (AvgIpc) is 1.57. The van der Waals surface area contributed by atoms with E-state index in [9.17, 15) is 116 Å². The van der Waals surface area contributed by atoms with Crippen LogP contribution < -0.4 is 0 Å². The van der Waals surface area contributed by atoms with Crippen molar-refractivity contribution in [1.29, 1.82) is 10.5 Å². The van der Waals surface area contributed by atoms with Crippen LogP contribution in [0.3, 0.4) is 0 Å². The summed E-state index contributed by atoms with van der Waals surface area (Å²) in [5.41, 5.74) is -17.9. The lowest BCUT2D eigenvalue weighted by molar-refractivity contribution is -0.144. The highest BCUT2D eigenvalue weighted by molar-refractivity contribution is 6.13. The number of nitriles is 2. The van der Waals surface area contributed by atoms with E-state index in [2.05, 4.69) is 0 Å². The molecule has 2 heterocycles. The Morgan fingerprint density at radius 3 is 0.551 bits per heavy atom. The van der Waals surface area contributed by atoms with E-state index >= 15 is 0 Å². The van der Waals surface area contributed by atoms with Gasteiger partial charge in [0.1, 0.15) is 12.1 Å². The number of alkyl halides is 24. The molecule has 498 valence electrons. The zero-order valence-electron chi connectivity index (χ0n) is 48.2. The second-order valence-corrected chi connectivity index (χ2v) is 22.5. The molecule has 98 heavy (non-hydrogen) atoms. The van der Waals surface area contributed by atoms with E-state index in [1.807, 2.05) is 12.1 Å². The zero-order valence-corrected chi connectivity index (χ0v) is 48.2. The maximum atomic E-state index is 14.2. The predicted octanol–water partition coefficient (Wildman–Crippen LogP) is 24.1. The summed E-state index contributed by atoms with van der Waals surface area (Å²) in [5.74, 6) is 0. The molecule has 4 nitrogen and oxygen atoms in total. The number of fused-ring (bicyclic) bond motifs is 6. The topological polar surface area (TPSA) is 57.4 Å². The molecule has 0 saturated heterocycles. The SMILES string of the molecule is N#Cc1ccc(-c2ccc(C#N)c(-n3c4ccc(-c5cc(C(F)(F)F)cc(C(F)(F)F)c5)cc4c4cc(-c5cc(C(F)(F)F)cc(C(F)(F)F)c5)ccc43)c2)cc1-n1c2ccc(-c3cc(C(F)(F)F)cc(C(F)(F)F)c3)cc2c2cc(-c3cc(C(F)(F)F)cc(C(F)(F)F)c3)ccc21. The van der Waals surface area contributed by atoms with E-state index < -0.39 is 116 Å². The van der Waals surface area contributed by atoms with Crippen LogP contribution in [-0.4, -0.2) is 9.13 Å². The summed E-state index contributed by atoms with van der Waals surface area (Å²) in [5, 5.41) is 21.1. The molecular weight excluding hydrogens is 1350 g/mol. The molecule has 0 unspecified atom stereocenters. The third kappa shape index (κ3) is 12.5. The quantitative estimate of drug-likeness (QED) is 0.149. The second-order valence-electron chi connectivity index (χ2n) is 22.5. The number of hydrogen-bond donors (Lipinski definition) is 0. The maximum absolute atomic E-state index is 14.2. The molecule has 0 amide bonds. The first-order valence-electron chi connectivity index (χ1n) is 27.9. The van der Waals surface area contributed by atoms with Crippen LogP contribution in [0.4, 0.5) is 105 Å². The Morgan fingerprint density at radius 1 is 0.204 bits per heavy atom. The highest BCUT2D eigenvalue weighted by atomic mass is 19.4. The van der Waals surface area contributed by atoms with Gasteiger partial charge in [-0.05, 0) is 201 Å². The molecule has 2 aromatic heterocycles. The van der Waals surface area contributed by atoms with Crippen molar-refractivity contribution in [3.8, 4) is 79.1 Å². The van der Waals surface area contributed by atoms with Gasteiger partial charge < -0.3 is 9.13 Å². The van der Waals surface area contributed by atoms with Crippen LogP contribution in [0.2, 0.25) is 0 Å². The molecule has 12 aromatic rings. The molecule has 0 fully saturated rings. The molecule has 0 N–H and O–H groups in total. The molecule has 10 aromatic carbocycles. The Morgan fingerprint density at radius 2 is 0.378 bits per heavy atom. The second kappa shape index (κ2) is 22.9. The molecule has 0 bridgehead atoms. The largest absolute Gasteiger partial charge is 0.416 e. The first-order valence-corrected chi connectivity index (χ1v) is 27.9. The minimum Gasteiger partial charge on any atom is -0.308 e. The highest BCUT2D eigenvalue weighted by Gasteiger charge is 2.42. The van der Waals surface area contributed by atoms with Crippen LogP contribution in [0.1, 0.15) is 55.6 Å². The molecule has 0 radical (unpaired) electrons. The fraction of sp³-hybridized carbons (Fsp3) is 0.114. The van der Waals surface area contributed by atoms with Crippen LogP contribution >= 0.6 is 0 Å². The predicted molar refractivity (Wildman–Crippen MR) is 312 cm³/mol. The highest BCUT2D eigenvalue weighted by Crippen LogP contribution is 2.48. The third-order valence-corrected chi connectivity index (χ3v) is 16.3. The van der Waals surface area contributed by atoms with Crippen LogP contribution in [0.15, 0.2) is 182 Å². The van der Waals surface area contributed by atoms with E-state index in [-0.39, 0.29) is 124 Å². The Labute approximate surface area is 533 Å². The van der Waals surface area contributed by atoms with Gasteiger partial charge in [-0.1, -0.05) is 36.4 Å². The fourth-order valence-corrected chi connectivity index (χ4v) is 11.8. The van der Waals surface area contributed by atoms with Gasteiger partial charge in [-0.25, -0.2) is 0 Å². The van der Waals surface area contributed by atoms with Gasteiger partial charge in [0.25, 0.3) is 0 Å². The van der Waals surface area contributed by atoms with Crippen molar-refractivity contribution < 1.29 is 105 Å². The zero-order chi connectivity index (χ0) is 71.1. The summed E-state index contributed by atoms with van der Waals surface area (Å²) >= 11 is 0. The number of nitrogens with zero attached hydrogens (tertiary/aromatic N) is 4. The van der Waals surface area contributed by atoms with E-state index in [1.54, 1.807) is 0 Å². The molecule has 0 atom stereocenters. The van der Waals surface area contributed by atoms with Gasteiger partial charge in [0.2, 0.25) is 0 Å². The molecule has 12 rings (SSSR count). The summed E-state index contributed by atoms with van der Waals surface area (Å²) in [6.45, 7) is 0. The number of aromatic nitrogens is 2. The van der Waals surface area contributed by atoms with Crippen molar-refractivity contribution in [2.45, 2.75) is 49.4 Å². The first-order chi connectivity index (χ1) is 45.5. The summed E-state index contributed by atoms with van der Waals surface area (Å²) in [6.07, 6.45) is -42.7. The van der Waals surface area contributed by atoms with Crippen molar-refractivity contribution >= 4 is 43.6 Å². The van der Waals surface area contributed by atoms with E-state index in [0.29, 0.717) is 48.5 Å². The number of hydrogen-bond acceptors (Lipinski definition) is 2. The summed E-state index contributed by atoms with van der Waals surface area (Å²) < 4.78 is 344. The summed E-state index contributed by atoms with van der Waals surface area (Å²) in [4.78, 5) is 0. The average molecular weight is 1380 g/mol. The number of halogens is 24.